The number of carboxylic acids is 1. The van der Waals surface area contributed by atoms with Gasteiger partial charge in [0.25, 0.3) is 5.56 Å². The predicted molar refractivity (Wildman–Crippen MR) is 70.7 cm³/mol. The summed E-state index contributed by atoms with van der Waals surface area (Å²) in [5, 5.41) is 9.23. The molecule has 0 bridgehead atoms. The van der Waals surface area contributed by atoms with Gasteiger partial charge in [-0.15, -0.1) is 0 Å². The minimum absolute atomic E-state index is 0.110. The topological polar surface area (TPSA) is 72.2 Å². The molecule has 6 heteroatoms. The summed E-state index contributed by atoms with van der Waals surface area (Å²) in [5.41, 5.74) is 0.372. The van der Waals surface area contributed by atoms with Crippen molar-refractivity contribution in [2.24, 2.45) is 0 Å². The molecule has 1 heterocycles. The number of fused-ring (bicyclic) bond motifs is 1. The molecular weight excluding hydrogens is 300 g/mol. The van der Waals surface area contributed by atoms with E-state index in [0.717, 1.165) is 4.47 Å². The first kappa shape index (κ1) is 12.8. The number of halogens is 1. The fourth-order valence-corrected chi connectivity index (χ4v) is 2.13. The van der Waals surface area contributed by atoms with Gasteiger partial charge in [0.1, 0.15) is 0 Å². The molecule has 1 aromatic carbocycles. The molecule has 18 heavy (non-hydrogen) atoms. The highest BCUT2D eigenvalue weighted by atomic mass is 79.9. The average Bonchev–Trinajstić information content (AvgIpc) is 2.29. The highest BCUT2D eigenvalue weighted by Gasteiger charge is 2.13. The van der Waals surface area contributed by atoms with Crippen LogP contribution in [0, 0.1) is 0 Å². The molecule has 5 nitrogen and oxygen atoms in total. The third-order valence-electron chi connectivity index (χ3n) is 2.69. The van der Waals surface area contributed by atoms with Crippen LogP contribution in [0.1, 0.15) is 19.4 Å². The molecule has 0 aliphatic carbocycles. The molecule has 1 N–H and O–H groups in total. The van der Waals surface area contributed by atoms with E-state index < -0.39 is 12.0 Å². The van der Waals surface area contributed by atoms with Crippen LogP contribution in [-0.4, -0.2) is 20.6 Å². The molecule has 0 amide bonds. The molecule has 0 aliphatic rings. The molecule has 0 saturated carbocycles. The highest BCUT2D eigenvalue weighted by molar-refractivity contribution is 9.10. The SMILES string of the molecule is CC(CC(=O)O)n1cnc2ccc(Br)cc2c1=O. The molecule has 0 aliphatic heterocycles. The third kappa shape index (κ3) is 2.43. The number of nitrogens with zero attached hydrogens (tertiary/aromatic N) is 2. The summed E-state index contributed by atoms with van der Waals surface area (Å²) < 4.78 is 2.14. The summed E-state index contributed by atoms with van der Waals surface area (Å²) in [5.74, 6) is -0.941. The summed E-state index contributed by atoms with van der Waals surface area (Å²) in [6.07, 6.45) is 1.28. The van der Waals surface area contributed by atoms with Crippen LogP contribution in [0.4, 0.5) is 0 Å². The Hall–Kier alpha value is -1.69. The van der Waals surface area contributed by atoms with E-state index in [1.807, 2.05) is 0 Å². The number of carbonyl (C=O) groups is 1. The van der Waals surface area contributed by atoms with Crippen LogP contribution in [0.15, 0.2) is 33.8 Å². The number of hydrogen-bond acceptors (Lipinski definition) is 3. The first-order valence-corrected chi connectivity index (χ1v) is 6.16. The van der Waals surface area contributed by atoms with Crippen molar-refractivity contribution in [1.29, 1.82) is 0 Å². The van der Waals surface area contributed by atoms with Crippen molar-refractivity contribution in [2.45, 2.75) is 19.4 Å². The van der Waals surface area contributed by atoms with Gasteiger partial charge in [-0.05, 0) is 25.1 Å². The van der Waals surface area contributed by atoms with E-state index >= 15 is 0 Å². The Morgan fingerprint density at radius 1 is 1.56 bits per heavy atom. The Morgan fingerprint density at radius 3 is 2.94 bits per heavy atom. The second kappa shape index (κ2) is 4.89. The van der Waals surface area contributed by atoms with Crippen LogP contribution in [0.25, 0.3) is 10.9 Å². The van der Waals surface area contributed by atoms with Crippen LogP contribution in [-0.2, 0) is 4.79 Å². The van der Waals surface area contributed by atoms with E-state index in [4.69, 9.17) is 5.11 Å². The van der Waals surface area contributed by atoms with Gasteiger partial charge in [-0.25, -0.2) is 4.98 Å². The fraction of sp³-hybridized carbons (Fsp3) is 0.250. The number of rotatable bonds is 3. The molecule has 0 fully saturated rings. The minimum atomic E-state index is -0.941. The van der Waals surface area contributed by atoms with Crippen LogP contribution in [0.5, 0.6) is 0 Å². The van der Waals surface area contributed by atoms with Crippen molar-refractivity contribution in [3.63, 3.8) is 0 Å². The molecule has 0 spiro atoms. The lowest BCUT2D eigenvalue weighted by molar-refractivity contribution is -0.137. The van der Waals surface area contributed by atoms with Gasteiger partial charge in [0.2, 0.25) is 0 Å². The third-order valence-corrected chi connectivity index (χ3v) is 3.18. The highest BCUT2D eigenvalue weighted by Crippen LogP contribution is 2.16. The summed E-state index contributed by atoms with van der Waals surface area (Å²) >= 11 is 3.30. The van der Waals surface area contributed by atoms with Crippen LogP contribution in [0.2, 0.25) is 0 Å². The van der Waals surface area contributed by atoms with E-state index in [1.165, 1.54) is 10.9 Å². The lowest BCUT2D eigenvalue weighted by Crippen LogP contribution is -2.25. The lowest BCUT2D eigenvalue weighted by atomic mass is 10.2. The minimum Gasteiger partial charge on any atom is -0.481 e. The Morgan fingerprint density at radius 2 is 2.28 bits per heavy atom. The van der Waals surface area contributed by atoms with Crippen LogP contribution < -0.4 is 5.56 Å². The molecule has 0 saturated heterocycles. The number of carboxylic acid groups (broad SMARTS) is 1. The van der Waals surface area contributed by atoms with Gasteiger partial charge in [0.05, 0.1) is 23.7 Å². The van der Waals surface area contributed by atoms with E-state index in [0.29, 0.717) is 10.9 Å². The average molecular weight is 311 g/mol. The first-order valence-electron chi connectivity index (χ1n) is 5.37. The maximum atomic E-state index is 12.2. The van der Waals surface area contributed by atoms with Gasteiger partial charge in [0.15, 0.2) is 0 Å². The standard InChI is InChI=1S/C12H11BrN2O3/c1-7(4-11(16)17)15-6-14-10-3-2-8(13)5-9(10)12(15)18/h2-3,5-7H,4H2,1H3,(H,16,17). The predicted octanol–water partition coefficient (Wildman–Crippen LogP) is 2.19. The second-order valence-electron chi connectivity index (χ2n) is 4.07. The zero-order valence-corrected chi connectivity index (χ0v) is 11.2. The van der Waals surface area contributed by atoms with E-state index in [-0.39, 0.29) is 12.0 Å². The largest absolute Gasteiger partial charge is 0.481 e. The number of hydrogen-bond donors (Lipinski definition) is 1. The number of aromatic nitrogens is 2. The van der Waals surface area contributed by atoms with Gasteiger partial charge < -0.3 is 5.11 Å². The van der Waals surface area contributed by atoms with Crippen molar-refractivity contribution in [3.8, 4) is 0 Å². The molecule has 1 atom stereocenters. The van der Waals surface area contributed by atoms with E-state index in [1.54, 1.807) is 25.1 Å². The van der Waals surface area contributed by atoms with Gasteiger partial charge in [-0.3, -0.25) is 14.2 Å². The Labute approximate surface area is 111 Å². The van der Waals surface area contributed by atoms with Gasteiger partial charge in [0, 0.05) is 10.5 Å². The number of aliphatic carboxylic acids is 1. The fourth-order valence-electron chi connectivity index (χ4n) is 1.77. The van der Waals surface area contributed by atoms with Crippen LogP contribution in [0.3, 0.4) is 0 Å². The maximum absolute atomic E-state index is 12.2. The van der Waals surface area contributed by atoms with Crippen molar-refractivity contribution >= 4 is 32.8 Å². The monoisotopic (exact) mass is 310 g/mol. The molecule has 2 rings (SSSR count). The molecule has 94 valence electrons. The Kier molecular flexibility index (Phi) is 3.47. The first-order chi connectivity index (χ1) is 8.49. The zero-order valence-electron chi connectivity index (χ0n) is 9.63. The van der Waals surface area contributed by atoms with E-state index in [2.05, 4.69) is 20.9 Å². The Balaban J connectivity index is 2.57. The normalized spacial score (nSPS) is 12.6. The van der Waals surface area contributed by atoms with E-state index in [9.17, 15) is 9.59 Å². The smallest absolute Gasteiger partial charge is 0.305 e. The second-order valence-corrected chi connectivity index (χ2v) is 4.98. The summed E-state index contributed by atoms with van der Waals surface area (Å²) in [7, 11) is 0. The molecule has 0 radical (unpaired) electrons. The van der Waals surface area contributed by atoms with Crippen molar-refractivity contribution in [3.05, 3.63) is 39.4 Å². The Bertz CT molecular complexity index is 666. The summed E-state index contributed by atoms with van der Waals surface area (Å²) in [6, 6.07) is 4.81. The van der Waals surface area contributed by atoms with Gasteiger partial charge >= 0.3 is 5.97 Å². The molecular formula is C12H11BrN2O3. The molecule has 1 aromatic heterocycles. The van der Waals surface area contributed by atoms with Gasteiger partial charge in [-0.1, -0.05) is 15.9 Å². The quantitative estimate of drug-likeness (QED) is 0.943. The van der Waals surface area contributed by atoms with Gasteiger partial charge in [-0.2, -0.15) is 0 Å². The summed E-state index contributed by atoms with van der Waals surface area (Å²) in [4.78, 5) is 27.0. The van der Waals surface area contributed by atoms with Crippen molar-refractivity contribution < 1.29 is 9.90 Å². The maximum Gasteiger partial charge on any atom is 0.305 e. The number of benzene rings is 1. The zero-order chi connectivity index (χ0) is 13.3. The van der Waals surface area contributed by atoms with Crippen molar-refractivity contribution in [1.82, 2.24) is 9.55 Å². The lowest BCUT2D eigenvalue weighted by Gasteiger charge is -2.12. The van der Waals surface area contributed by atoms with Crippen LogP contribution >= 0.6 is 15.9 Å². The molecule has 2 aromatic rings. The van der Waals surface area contributed by atoms with Crippen molar-refractivity contribution in [2.75, 3.05) is 0 Å². The summed E-state index contributed by atoms with van der Waals surface area (Å²) in [6.45, 7) is 1.68. The molecule has 1 unspecified atom stereocenters.